The Balaban J connectivity index is 1.61. The van der Waals surface area contributed by atoms with Gasteiger partial charge in [0.05, 0.1) is 23.9 Å². The van der Waals surface area contributed by atoms with Gasteiger partial charge in [-0.15, -0.1) is 0 Å². The highest BCUT2D eigenvalue weighted by Gasteiger charge is 2.10. The molecule has 0 aliphatic heterocycles. The summed E-state index contributed by atoms with van der Waals surface area (Å²) in [5.74, 6) is -0.000320. The summed E-state index contributed by atoms with van der Waals surface area (Å²) in [6, 6.07) is 7.83. The molecule has 0 bridgehead atoms. The molecule has 0 aliphatic rings. The molecule has 1 amide bonds. The number of amides is 1. The van der Waals surface area contributed by atoms with E-state index in [2.05, 4.69) is 30.0 Å². The zero-order valence-electron chi connectivity index (χ0n) is 16.3. The molecule has 0 aromatic carbocycles. The van der Waals surface area contributed by atoms with Crippen LogP contribution < -0.4 is 5.43 Å². The second kappa shape index (κ2) is 8.79. The average Bonchev–Trinajstić information content (AvgIpc) is 2.93. The summed E-state index contributed by atoms with van der Waals surface area (Å²) in [4.78, 5) is 24.8. The minimum atomic E-state index is -0.204. The van der Waals surface area contributed by atoms with Gasteiger partial charge >= 0.3 is 0 Å². The van der Waals surface area contributed by atoms with E-state index in [-0.39, 0.29) is 11.7 Å². The van der Waals surface area contributed by atoms with Gasteiger partial charge in [-0.05, 0) is 52.0 Å². The predicted octanol–water partition coefficient (Wildman–Crippen LogP) is 3.14. The number of hydrogen-bond donors (Lipinski definition) is 1. The zero-order valence-corrected chi connectivity index (χ0v) is 17.1. The third-order valence-corrected chi connectivity index (χ3v) is 4.91. The van der Waals surface area contributed by atoms with E-state index < -0.39 is 0 Å². The molecule has 3 aromatic rings. The van der Waals surface area contributed by atoms with Crippen molar-refractivity contribution < 1.29 is 4.79 Å². The zero-order chi connectivity index (χ0) is 20.1. The summed E-state index contributed by atoms with van der Waals surface area (Å²) in [5, 5.41) is 4.68. The van der Waals surface area contributed by atoms with Gasteiger partial charge in [-0.2, -0.15) is 5.10 Å². The van der Waals surface area contributed by atoms with Crippen molar-refractivity contribution in [2.75, 3.05) is 5.75 Å². The number of thioether (sulfide) groups is 1. The van der Waals surface area contributed by atoms with Crippen LogP contribution in [-0.4, -0.2) is 37.4 Å². The van der Waals surface area contributed by atoms with Crippen molar-refractivity contribution in [3.63, 3.8) is 0 Å². The van der Waals surface area contributed by atoms with Gasteiger partial charge in [-0.3, -0.25) is 9.78 Å². The van der Waals surface area contributed by atoms with E-state index in [0.29, 0.717) is 5.16 Å². The van der Waals surface area contributed by atoms with Crippen LogP contribution >= 0.6 is 11.8 Å². The van der Waals surface area contributed by atoms with Crippen LogP contribution in [0.15, 0.2) is 46.9 Å². The van der Waals surface area contributed by atoms with Crippen molar-refractivity contribution in [1.29, 1.82) is 0 Å². The van der Waals surface area contributed by atoms with Crippen molar-refractivity contribution in [3.05, 3.63) is 65.0 Å². The number of hydrazone groups is 1. The van der Waals surface area contributed by atoms with Gasteiger partial charge < -0.3 is 4.57 Å². The Morgan fingerprint density at radius 2 is 1.96 bits per heavy atom. The second-order valence-corrected chi connectivity index (χ2v) is 7.33. The number of hydrogen-bond acceptors (Lipinski definition) is 6. The molecule has 0 fully saturated rings. The molecule has 0 saturated heterocycles. The van der Waals surface area contributed by atoms with Gasteiger partial charge in [0, 0.05) is 34.5 Å². The number of carbonyl (C=O) groups is 1. The van der Waals surface area contributed by atoms with Gasteiger partial charge in [0.1, 0.15) is 0 Å². The lowest BCUT2D eigenvalue weighted by molar-refractivity contribution is -0.118. The first-order valence-electron chi connectivity index (χ1n) is 8.80. The lowest BCUT2D eigenvalue weighted by atomic mass is 10.3. The van der Waals surface area contributed by atoms with Crippen molar-refractivity contribution in [3.8, 4) is 5.69 Å². The third kappa shape index (κ3) is 4.83. The fourth-order valence-corrected chi connectivity index (χ4v) is 3.64. The quantitative estimate of drug-likeness (QED) is 0.300. The maximum Gasteiger partial charge on any atom is 0.250 e. The van der Waals surface area contributed by atoms with Crippen molar-refractivity contribution in [1.82, 2.24) is 24.9 Å². The van der Waals surface area contributed by atoms with Crippen LogP contribution in [-0.2, 0) is 4.79 Å². The van der Waals surface area contributed by atoms with E-state index in [1.54, 1.807) is 12.4 Å². The van der Waals surface area contributed by atoms with Gasteiger partial charge in [-0.25, -0.2) is 15.4 Å². The maximum absolute atomic E-state index is 12.0. The number of rotatable bonds is 6. The Hall–Kier alpha value is -3.00. The Kier molecular flexibility index (Phi) is 6.20. The number of aromatic nitrogens is 4. The van der Waals surface area contributed by atoms with Crippen LogP contribution in [0.5, 0.6) is 0 Å². The van der Waals surface area contributed by atoms with Crippen molar-refractivity contribution >= 4 is 23.9 Å². The number of nitrogens with one attached hydrogen (secondary N) is 1. The summed E-state index contributed by atoms with van der Waals surface area (Å²) < 4.78 is 2.10. The Bertz CT molecular complexity index is 993. The Morgan fingerprint density at radius 1 is 1.21 bits per heavy atom. The number of carbonyl (C=O) groups excluding carboxylic acids is 1. The molecule has 0 radical (unpaired) electrons. The molecule has 0 saturated carbocycles. The minimum Gasteiger partial charge on any atom is -0.316 e. The van der Waals surface area contributed by atoms with Crippen LogP contribution in [0.2, 0.25) is 0 Å². The fraction of sp³-hybridized carbons (Fsp3) is 0.250. The van der Waals surface area contributed by atoms with Crippen molar-refractivity contribution in [2.45, 2.75) is 32.9 Å². The minimum absolute atomic E-state index is 0.203. The molecule has 0 unspecified atom stereocenters. The summed E-state index contributed by atoms with van der Waals surface area (Å²) in [6.07, 6.45) is 5.22. The summed E-state index contributed by atoms with van der Waals surface area (Å²) in [7, 11) is 0. The second-order valence-electron chi connectivity index (χ2n) is 6.39. The molecular weight excluding hydrogens is 372 g/mol. The third-order valence-electron chi connectivity index (χ3n) is 4.06. The topological polar surface area (TPSA) is 85.1 Å². The lowest BCUT2D eigenvalue weighted by Gasteiger charge is -2.08. The molecule has 8 heteroatoms. The maximum atomic E-state index is 12.0. The lowest BCUT2D eigenvalue weighted by Crippen LogP contribution is -2.19. The monoisotopic (exact) mass is 394 g/mol. The highest BCUT2D eigenvalue weighted by molar-refractivity contribution is 7.99. The van der Waals surface area contributed by atoms with E-state index in [0.717, 1.165) is 34.0 Å². The molecule has 3 aromatic heterocycles. The van der Waals surface area contributed by atoms with E-state index in [9.17, 15) is 4.79 Å². The molecule has 0 spiro atoms. The van der Waals surface area contributed by atoms with E-state index in [4.69, 9.17) is 0 Å². The smallest absolute Gasteiger partial charge is 0.250 e. The van der Waals surface area contributed by atoms with Crippen LogP contribution in [0.25, 0.3) is 5.69 Å². The number of nitrogens with zero attached hydrogens (tertiary/aromatic N) is 5. The Labute approximate surface area is 168 Å². The van der Waals surface area contributed by atoms with Gasteiger partial charge in [0.15, 0.2) is 5.16 Å². The van der Waals surface area contributed by atoms with E-state index in [1.165, 1.54) is 11.8 Å². The molecule has 7 nitrogen and oxygen atoms in total. The van der Waals surface area contributed by atoms with E-state index >= 15 is 0 Å². The van der Waals surface area contributed by atoms with Crippen molar-refractivity contribution in [2.24, 2.45) is 5.10 Å². The molecule has 0 atom stereocenters. The Morgan fingerprint density at radius 3 is 2.64 bits per heavy atom. The summed E-state index contributed by atoms with van der Waals surface area (Å²) in [5.41, 5.74) is 8.36. The standard InChI is InChI=1S/C20H22N6OS/c1-13-8-14(2)24-20(23-13)28-12-19(27)25-22-10-17-9-15(3)26(16(17)4)18-6-5-7-21-11-18/h5-11H,12H2,1-4H3,(H,25,27)/b22-10-. The molecule has 1 N–H and O–H groups in total. The molecule has 0 aliphatic carbocycles. The first-order chi connectivity index (χ1) is 13.4. The highest BCUT2D eigenvalue weighted by Crippen LogP contribution is 2.19. The predicted molar refractivity (Wildman–Crippen MR) is 111 cm³/mol. The number of pyridine rings is 1. The van der Waals surface area contributed by atoms with Crippen LogP contribution in [0.4, 0.5) is 0 Å². The highest BCUT2D eigenvalue weighted by atomic mass is 32.2. The molecule has 28 heavy (non-hydrogen) atoms. The van der Waals surface area contributed by atoms with Crippen LogP contribution in [0.1, 0.15) is 28.3 Å². The van der Waals surface area contributed by atoms with Crippen LogP contribution in [0.3, 0.4) is 0 Å². The largest absolute Gasteiger partial charge is 0.316 e. The van der Waals surface area contributed by atoms with E-state index in [1.807, 2.05) is 58.2 Å². The van der Waals surface area contributed by atoms with Gasteiger partial charge in [-0.1, -0.05) is 11.8 Å². The molecule has 3 rings (SSSR count). The summed E-state index contributed by atoms with van der Waals surface area (Å²) in [6.45, 7) is 7.85. The number of aryl methyl sites for hydroxylation is 3. The fourth-order valence-electron chi connectivity index (χ4n) is 2.90. The average molecular weight is 395 g/mol. The first-order valence-corrected chi connectivity index (χ1v) is 9.79. The normalized spacial score (nSPS) is 11.1. The molecule has 3 heterocycles. The SMILES string of the molecule is Cc1cc(C)nc(SCC(=O)N/N=C\c2cc(C)n(-c3cccnc3)c2C)n1. The van der Waals surface area contributed by atoms with Crippen LogP contribution in [0, 0.1) is 27.7 Å². The van der Waals surface area contributed by atoms with Gasteiger partial charge in [0.2, 0.25) is 0 Å². The molecular formula is C20H22N6OS. The van der Waals surface area contributed by atoms with Gasteiger partial charge in [0.25, 0.3) is 5.91 Å². The summed E-state index contributed by atoms with van der Waals surface area (Å²) >= 11 is 1.29. The molecule has 144 valence electrons. The first kappa shape index (κ1) is 19.8.